The smallest absolute Gasteiger partial charge is 0.295 e. The lowest BCUT2D eigenvalue weighted by molar-refractivity contribution is 0.0971. The first-order chi connectivity index (χ1) is 16.5. The molecule has 6 heteroatoms. The molecule has 3 aromatic carbocycles. The van der Waals surface area contributed by atoms with Gasteiger partial charge in [-0.2, -0.15) is 0 Å². The molecule has 0 N–H and O–H groups in total. The number of hydrogen-bond acceptors (Lipinski definition) is 5. The Morgan fingerprint density at radius 3 is 2.41 bits per heavy atom. The number of carbonyl (C=O) groups excluding carboxylic acids is 1. The van der Waals surface area contributed by atoms with Crippen LogP contribution < -0.4 is 19.8 Å². The van der Waals surface area contributed by atoms with E-state index in [0.29, 0.717) is 46.2 Å². The van der Waals surface area contributed by atoms with Crippen LogP contribution in [0.4, 0.5) is 5.69 Å². The molecule has 172 valence electrons. The summed E-state index contributed by atoms with van der Waals surface area (Å²) in [6.45, 7) is 4.69. The van der Waals surface area contributed by atoms with Crippen LogP contribution in [0, 0.1) is 5.92 Å². The molecular weight excluding hydrogens is 430 g/mol. The minimum absolute atomic E-state index is 0.0663. The largest absolute Gasteiger partial charge is 0.493 e. The highest BCUT2D eigenvalue weighted by Crippen LogP contribution is 2.43. The number of benzene rings is 3. The third-order valence-corrected chi connectivity index (χ3v) is 5.89. The molecule has 1 aliphatic rings. The van der Waals surface area contributed by atoms with Crippen LogP contribution in [-0.4, -0.2) is 19.6 Å². The van der Waals surface area contributed by atoms with Gasteiger partial charge in [0, 0.05) is 5.69 Å². The highest BCUT2D eigenvalue weighted by atomic mass is 16.5. The van der Waals surface area contributed by atoms with Crippen molar-refractivity contribution in [3.63, 3.8) is 0 Å². The van der Waals surface area contributed by atoms with Crippen molar-refractivity contribution in [1.82, 2.24) is 0 Å². The molecule has 1 atom stereocenters. The van der Waals surface area contributed by atoms with E-state index in [1.807, 2.05) is 48.5 Å². The fraction of sp³-hybridized carbons (Fsp3) is 0.214. The summed E-state index contributed by atoms with van der Waals surface area (Å²) in [4.78, 5) is 28.9. The molecule has 2 heterocycles. The van der Waals surface area contributed by atoms with Gasteiger partial charge >= 0.3 is 0 Å². The number of anilines is 1. The van der Waals surface area contributed by atoms with Crippen molar-refractivity contribution in [3.8, 4) is 11.5 Å². The first-order valence-electron chi connectivity index (χ1n) is 11.2. The molecule has 0 spiro atoms. The number of nitrogens with zero attached hydrogens (tertiary/aromatic N) is 1. The van der Waals surface area contributed by atoms with E-state index in [2.05, 4.69) is 13.8 Å². The Bertz CT molecular complexity index is 1420. The van der Waals surface area contributed by atoms with Gasteiger partial charge in [0.2, 0.25) is 5.76 Å². The number of carbonyl (C=O) groups is 1. The van der Waals surface area contributed by atoms with Crippen molar-refractivity contribution >= 4 is 22.6 Å². The Morgan fingerprint density at radius 2 is 1.68 bits per heavy atom. The second-order valence-electron chi connectivity index (χ2n) is 8.70. The number of methoxy groups -OCH3 is 1. The first kappa shape index (κ1) is 21.8. The summed E-state index contributed by atoms with van der Waals surface area (Å²) >= 11 is 0. The van der Waals surface area contributed by atoms with E-state index in [1.54, 1.807) is 36.3 Å². The van der Waals surface area contributed by atoms with E-state index >= 15 is 0 Å². The van der Waals surface area contributed by atoms with Crippen LogP contribution in [-0.2, 0) is 0 Å². The van der Waals surface area contributed by atoms with Gasteiger partial charge < -0.3 is 13.9 Å². The molecule has 5 rings (SSSR count). The van der Waals surface area contributed by atoms with Crippen molar-refractivity contribution in [1.29, 1.82) is 0 Å². The third kappa shape index (κ3) is 3.61. The zero-order valence-electron chi connectivity index (χ0n) is 19.3. The van der Waals surface area contributed by atoms with Gasteiger partial charge in [-0.05, 0) is 47.9 Å². The molecule has 0 aliphatic carbocycles. The van der Waals surface area contributed by atoms with Gasteiger partial charge in [0.25, 0.3) is 5.91 Å². The number of fused-ring (bicyclic) bond motifs is 2. The Labute approximate surface area is 197 Å². The van der Waals surface area contributed by atoms with Crippen LogP contribution >= 0.6 is 0 Å². The van der Waals surface area contributed by atoms with Crippen LogP contribution in [0.3, 0.4) is 0 Å². The topological polar surface area (TPSA) is 69.0 Å². The second-order valence-corrected chi connectivity index (χ2v) is 8.70. The fourth-order valence-electron chi connectivity index (χ4n) is 4.32. The maximum atomic E-state index is 13.6. The molecule has 1 aromatic heterocycles. The van der Waals surface area contributed by atoms with Crippen LogP contribution in [0.2, 0.25) is 0 Å². The number of para-hydroxylation sites is 2. The van der Waals surface area contributed by atoms with Crippen molar-refractivity contribution in [2.24, 2.45) is 5.92 Å². The minimum atomic E-state index is -0.668. The maximum absolute atomic E-state index is 13.6. The van der Waals surface area contributed by atoms with Crippen molar-refractivity contribution in [2.45, 2.75) is 19.9 Å². The van der Waals surface area contributed by atoms with Gasteiger partial charge in [-0.1, -0.05) is 50.2 Å². The molecule has 34 heavy (non-hydrogen) atoms. The lowest BCUT2D eigenvalue weighted by Gasteiger charge is -2.26. The van der Waals surface area contributed by atoms with Gasteiger partial charge in [0.15, 0.2) is 16.9 Å². The van der Waals surface area contributed by atoms with Gasteiger partial charge in [-0.15, -0.1) is 0 Å². The van der Waals surface area contributed by atoms with E-state index in [9.17, 15) is 9.59 Å². The van der Waals surface area contributed by atoms with E-state index in [0.717, 1.165) is 5.56 Å². The standard InChI is InChI=1S/C28H25NO5/c1-17(2)16-33-22-14-13-18(15-23(22)32-3)25-24-26(30)20-11-7-8-12-21(20)34-27(24)28(31)29(25)19-9-5-4-6-10-19/h4-15,17,25H,16H2,1-3H3. The van der Waals surface area contributed by atoms with Crippen molar-refractivity contribution in [3.05, 3.63) is 99.9 Å². The molecule has 1 amide bonds. The summed E-state index contributed by atoms with van der Waals surface area (Å²) in [5, 5.41) is 0.442. The summed E-state index contributed by atoms with van der Waals surface area (Å²) < 4.78 is 17.5. The monoisotopic (exact) mass is 455 g/mol. The van der Waals surface area contributed by atoms with Crippen molar-refractivity contribution in [2.75, 3.05) is 18.6 Å². The Balaban J connectivity index is 1.71. The number of ether oxygens (including phenoxy) is 2. The third-order valence-electron chi connectivity index (χ3n) is 5.89. The van der Waals surface area contributed by atoms with Crippen LogP contribution in [0.1, 0.15) is 41.6 Å². The predicted octanol–water partition coefficient (Wildman–Crippen LogP) is 5.59. The Kier molecular flexibility index (Phi) is 5.57. The van der Waals surface area contributed by atoms with Crippen LogP contribution in [0.5, 0.6) is 11.5 Å². The number of amides is 1. The first-order valence-corrected chi connectivity index (χ1v) is 11.2. The maximum Gasteiger partial charge on any atom is 0.295 e. The summed E-state index contributed by atoms with van der Waals surface area (Å²) in [5.74, 6) is 1.22. The van der Waals surface area contributed by atoms with Gasteiger partial charge in [0.1, 0.15) is 5.58 Å². The molecule has 0 bridgehead atoms. The zero-order chi connectivity index (χ0) is 23.8. The minimum Gasteiger partial charge on any atom is -0.493 e. The average molecular weight is 456 g/mol. The Hall–Kier alpha value is -4.06. The predicted molar refractivity (Wildman–Crippen MR) is 131 cm³/mol. The van der Waals surface area contributed by atoms with E-state index in [1.165, 1.54) is 0 Å². The highest BCUT2D eigenvalue weighted by Gasteiger charge is 2.43. The van der Waals surface area contributed by atoms with Crippen LogP contribution in [0.25, 0.3) is 11.0 Å². The summed E-state index contributed by atoms with van der Waals surface area (Å²) in [5.41, 5.74) is 1.90. The second kappa shape index (κ2) is 8.71. The number of rotatable bonds is 6. The molecule has 0 saturated carbocycles. The number of hydrogen-bond donors (Lipinski definition) is 0. The zero-order valence-corrected chi connectivity index (χ0v) is 19.3. The van der Waals surface area contributed by atoms with Gasteiger partial charge in [-0.25, -0.2) is 0 Å². The molecule has 4 aromatic rings. The highest BCUT2D eigenvalue weighted by molar-refractivity contribution is 6.10. The average Bonchev–Trinajstić information content (AvgIpc) is 3.15. The molecule has 6 nitrogen and oxygen atoms in total. The quantitative estimate of drug-likeness (QED) is 0.379. The molecule has 0 radical (unpaired) electrons. The summed E-state index contributed by atoms with van der Waals surface area (Å²) in [7, 11) is 1.58. The molecule has 0 saturated heterocycles. The Morgan fingerprint density at radius 1 is 0.941 bits per heavy atom. The molecule has 1 aliphatic heterocycles. The lowest BCUT2D eigenvalue weighted by atomic mass is 9.97. The molecular formula is C28H25NO5. The van der Waals surface area contributed by atoms with Crippen LogP contribution in [0.15, 0.2) is 82.0 Å². The van der Waals surface area contributed by atoms with E-state index in [4.69, 9.17) is 13.9 Å². The SMILES string of the molecule is COc1cc(C2c3c(oc4ccccc4c3=O)C(=O)N2c2ccccc2)ccc1OCC(C)C. The van der Waals surface area contributed by atoms with E-state index < -0.39 is 6.04 Å². The van der Waals surface area contributed by atoms with Gasteiger partial charge in [-0.3, -0.25) is 14.5 Å². The molecule has 1 unspecified atom stereocenters. The normalized spacial score (nSPS) is 15.1. The summed E-state index contributed by atoms with van der Waals surface area (Å²) in [6, 6.07) is 21.1. The lowest BCUT2D eigenvalue weighted by Crippen LogP contribution is -2.29. The fourth-order valence-corrected chi connectivity index (χ4v) is 4.32. The van der Waals surface area contributed by atoms with Crippen molar-refractivity contribution < 1.29 is 18.7 Å². The summed E-state index contributed by atoms with van der Waals surface area (Å²) in [6.07, 6.45) is 0. The van der Waals surface area contributed by atoms with Gasteiger partial charge in [0.05, 0.1) is 30.7 Å². The molecule has 0 fully saturated rings. The van der Waals surface area contributed by atoms with E-state index in [-0.39, 0.29) is 17.1 Å².